The highest BCUT2D eigenvalue weighted by molar-refractivity contribution is 5.81. The summed E-state index contributed by atoms with van der Waals surface area (Å²) in [5.74, 6) is -1.02. The molecule has 4 unspecified atom stereocenters. The summed E-state index contributed by atoms with van der Waals surface area (Å²) in [6.45, 7) is 0. The van der Waals surface area contributed by atoms with Gasteiger partial charge in [-0.1, -0.05) is 0 Å². The van der Waals surface area contributed by atoms with Crippen LogP contribution in [0.25, 0.3) is 0 Å². The molecule has 0 radical (unpaired) electrons. The minimum absolute atomic E-state index is 0.359. The van der Waals surface area contributed by atoms with Gasteiger partial charge in [-0.25, -0.2) is 0 Å². The third-order valence-corrected chi connectivity index (χ3v) is 3.49. The molecule has 2 aliphatic carbocycles. The first kappa shape index (κ1) is 9.49. The van der Waals surface area contributed by atoms with Crippen LogP contribution in [-0.2, 0) is 14.3 Å². The number of methoxy groups -OCH3 is 1. The molecule has 0 aliphatic heterocycles. The molecule has 0 saturated heterocycles. The van der Waals surface area contributed by atoms with Crippen LogP contribution in [0.2, 0.25) is 0 Å². The van der Waals surface area contributed by atoms with E-state index in [9.17, 15) is 9.59 Å². The van der Waals surface area contributed by atoms with Gasteiger partial charge < -0.3 is 9.84 Å². The molecule has 0 aromatic heterocycles. The first-order valence-corrected chi connectivity index (χ1v) is 4.94. The Labute approximate surface area is 82.2 Å². The van der Waals surface area contributed by atoms with Gasteiger partial charge in [-0.3, -0.25) is 9.59 Å². The summed E-state index contributed by atoms with van der Waals surface area (Å²) in [4.78, 5) is 22.3. The van der Waals surface area contributed by atoms with Gasteiger partial charge in [-0.05, 0) is 31.1 Å². The van der Waals surface area contributed by atoms with Crippen LogP contribution in [0, 0.1) is 23.7 Å². The number of hydrogen-bond acceptors (Lipinski definition) is 3. The Morgan fingerprint density at radius 3 is 2.21 bits per heavy atom. The molecular weight excluding hydrogens is 184 g/mol. The van der Waals surface area contributed by atoms with Gasteiger partial charge in [0.25, 0.3) is 0 Å². The molecule has 14 heavy (non-hydrogen) atoms. The van der Waals surface area contributed by atoms with Crippen molar-refractivity contribution in [1.29, 1.82) is 0 Å². The number of aliphatic carboxylic acids is 1. The summed E-state index contributed by atoms with van der Waals surface area (Å²) in [6, 6.07) is 0. The predicted molar refractivity (Wildman–Crippen MR) is 47.5 cm³/mol. The third-order valence-electron chi connectivity index (χ3n) is 3.49. The molecule has 4 heteroatoms. The van der Waals surface area contributed by atoms with Crippen LogP contribution in [0.3, 0.4) is 0 Å². The van der Waals surface area contributed by atoms with E-state index in [0.717, 1.165) is 6.42 Å². The van der Waals surface area contributed by atoms with Crippen molar-refractivity contribution in [3.63, 3.8) is 0 Å². The van der Waals surface area contributed by atoms with E-state index in [4.69, 9.17) is 5.11 Å². The van der Waals surface area contributed by atoms with Crippen LogP contribution >= 0.6 is 0 Å². The highest BCUT2D eigenvalue weighted by Gasteiger charge is 2.51. The Balaban J connectivity index is 2.10. The normalized spacial score (nSPS) is 39.8. The number of esters is 1. The van der Waals surface area contributed by atoms with Gasteiger partial charge in [0.15, 0.2) is 0 Å². The quantitative estimate of drug-likeness (QED) is 0.670. The van der Waals surface area contributed by atoms with Crippen molar-refractivity contribution in [3.8, 4) is 0 Å². The SMILES string of the molecule is COC(=O)C1CC2CC2CC1C(=O)O. The zero-order valence-electron chi connectivity index (χ0n) is 8.10. The number of hydrogen-bond donors (Lipinski definition) is 1. The number of rotatable bonds is 2. The minimum atomic E-state index is -0.856. The van der Waals surface area contributed by atoms with Crippen molar-refractivity contribution in [2.24, 2.45) is 23.7 Å². The molecule has 1 N–H and O–H groups in total. The fourth-order valence-electron chi connectivity index (χ4n) is 2.55. The lowest BCUT2D eigenvalue weighted by Gasteiger charge is -2.25. The highest BCUT2D eigenvalue weighted by Crippen LogP contribution is 2.53. The molecular formula is C10H14O4. The van der Waals surface area contributed by atoms with Crippen LogP contribution in [0.15, 0.2) is 0 Å². The van der Waals surface area contributed by atoms with E-state index in [2.05, 4.69) is 4.74 Å². The van der Waals surface area contributed by atoms with Crippen LogP contribution in [0.1, 0.15) is 19.3 Å². The Hall–Kier alpha value is -1.06. The van der Waals surface area contributed by atoms with Crippen molar-refractivity contribution in [3.05, 3.63) is 0 Å². The molecule has 4 nitrogen and oxygen atoms in total. The van der Waals surface area contributed by atoms with E-state index >= 15 is 0 Å². The smallest absolute Gasteiger partial charge is 0.309 e. The van der Waals surface area contributed by atoms with Crippen molar-refractivity contribution >= 4 is 11.9 Å². The number of carboxylic acid groups (broad SMARTS) is 1. The zero-order valence-corrected chi connectivity index (χ0v) is 8.10. The second kappa shape index (κ2) is 3.26. The van der Waals surface area contributed by atoms with Crippen LogP contribution in [0.5, 0.6) is 0 Å². The maximum absolute atomic E-state index is 11.4. The lowest BCUT2D eigenvalue weighted by Crippen LogP contribution is -2.34. The molecule has 0 heterocycles. The second-order valence-electron chi connectivity index (χ2n) is 4.30. The molecule has 2 saturated carbocycles. The van der Waals surface area contributed by atoms with Gasteiger partial charge in [0.2, 0.25) is 0 Å². The van der Waals surface area contributed by atoms with Crippen LogP contribution in [-0.4, -0.2) is 24.2 Å². The number of carbonyl (C=O) groups excluding carboxylic acids is 1. The van der Waals surface area contributed by atoms with Crippen LogP contribution < -0.4 is 0 Å². The maximum atomic E-state index is 11.4. The van der Waals surface area contributed by atoms with E-state index in [1.54, 1.807) is 0 Å². The van der Waals surface area contributed by atoms with Crippen molar-refractivity contribution in [1.82, 2.24) is 0 Å². The standard InChI is InChI=1S/C10H14O4/c1-14-10(13)8-4-6-2-5(6)3-7(8)9(11)12/h5-8H,2-4H2,1H3,(H,11,12). The summed E-state index contributed by atoms with van der Waals surface area (Å²) >= 11 is 0. The molecule has 2 fully saturated rings. The summed E-state index contributed by atoms with van der Waals surface area (Å²) in [6.07, 6.45) is 2.45. The van der Waals surface area contributed by atoms with Crippen molar-refractivity contribution in [2.75, 3.05) is 7.11 Å². The van der Waals surface area contributed by atoms with Crippen LogP contribution in [0.4, 0.5) is 0 Å². The average Bonchev–Trinajstić information content (AvgIpc) is 2.92. The summed E-state index contributed by atoms with van der Waals surface area (Å²) in [7, 11) is 1.32. The van der Waals surface area contributed by atoms with Gasteiger partial charge >= 0.3 is 11.9 Å². The number of carbonyl (C=O) groups is 2. The second-order valence-corrected chi connectivity index (χ2v) is 4.30. The third kappa shape index (κ3) is 1.49. The summed E-state index contributed by atoms with van der Waals surface area (Å²) < 4.78 is 4.63. The minimum Gasteiger partial charge on any atom is -0.481 e. The molecule has 0 amide bonds. The van der Waals surface area contributed by atoms with E-state index in [0.29, 0.717) is 24.7 Å². The predicted octanol–water partition coefficient (Wildman–Crippen LogP) is 0.906. The Bertz CT molecular complexity index is 273. The molecule has 0 bridgehead atoms. The van der Waals surface area contributed by atoms with E-state index in [1.165, 1.54) is 7.11 Å². The van der Waals surface area contributed by atoms with Gasteiger partial charge in [0.1, 0.15) is 0 Å². The van der Waals surface area contributed by atoms with E-state index < -0.39 is 17.8 Å². The monoisotopic (exact) mass is 198 g/mol. The van der Waals surface area contributed by atoms with E-state index in [1.807, 2.05) is 0 Å². The molecule has 78 valence electrons. The Kier molecular flexibility index (Phi) is 2.21. The van der Waals surface area contributed by atoms with Gasteiger partial charge in [-0.2, -0.15) is 0 Å². The number of ether oxygens (including phenoxy) is 1. The van der Waals surface area contributed by atoms with Gasteiger partial charge in [0.05, 0.1) is 18.9 Å². The zero-order chi connectivity index (χ0) is 10.3. The number of fused-ring (bicyclic) bond motifs is 1. The molecule has 0 aromatic carbocycles. The molecule has 4 atom stereocenters. The van der Waals surface area contributed by atoms with Gasteiger partial charge in [-0.15, -0.1) is 0 Å². The van der Waals surface area contributed by atoms with Crippen molar-refractivity contribution in [2.45, 2.75) is 19.3 Å². The lowest BCUT2D eigenvalue weighted by molar-refractivity contribution is -0.157. The molecule has 2 aliphatic rings. The molecule has 2 rings (SSSR count). The molecule has 0 spiro atoms. The molecule has 0 aromatic rings. The Morgan fingerprint density at radius 1 is 1.14 bits per heavy atom. The number of carboxylic acids is 1. The fourth-order valence-corrected chi connectivity index (χ4v) is 2.55. The maximum Gasteiger partial charge on any atom is 0.309 e. The lowest BCUT2D eigenvalue weighted by atomic mass is 9.79. The van der Waals surface area contributed by atoms with Gasteiger partial charge in [0, 0.05) is 0 Å². The first-order chi connectivity index (χ1) is 6.63. The summed E-state index contributed by atoms with van der Waals surface area (Å²) in [5, 5.41) is 8.98. The highest BCUT2D eigenvalue weighted by atomic mass is 16.5. The summed E-state index contributed by atoms with van der Waals surface area (Å²) in [5.41, 5.74) is 0. The fraction of sp³-hybridized carbons (Fsp3) is 0.800. The topological polar surface area (TPSA) is 63.6 Å². The van der Waals surface area contributed by atoms with E-state index in [-0.39, 0.29) is 5.97 Å². The average molecular weight is 198 g/mol. The largest absolute Gasteiger partial charge is 0.481 e. The first-order valence-electron chi connectivity index (χ1n) is 4.94. The van der Waals surface area contributed by atoms with Crippen molar-refractivity contribution < 1.29 is 19.4 Å². The Morgan fingerprint density at radius 2 is 1.71 bits per heavy atom.